The molecular weight excluding hydrogens is 308 g/mol. The fraction of sp³-hybridized carbons (Fsp3) is 0.667. The van der Waals surface area contributed by atoms with Gasteiger partial charge >= 0.3 is 0 Å². The maximum atomic E-state index is 4.95. The van der Waals surface area contributed by atoms with Gasteiger partial charge < -0.3 is 15.1 Å². The lowest BCUT2D eigenvalue weighted by molar-refractivity contribution is 0.151. The summed E-state index contributed by atoms with van der Waals surface area (Å²) < 4.78 is 0. The van der Waals surface area contributed by atoms with Gasteiger partial charge in [0.2, 0.25) is 0 Å². The van der Waals surface area contributed by atoms with Crippen LogP contribution < -0.4 is 5.32 Å². The summed E-state index contributed by atoms with van der Waals surface area (Å²) in [6, 6.07) is 8.87. The lowest BCUT2D eigenvalue weighted by atomic mass is 9.68. The van der Waals surface area contributed by atoms with E-state index in [1.807, 2.05) is 0 Å². The summed E-state index contributed by atoms with van der Waals surface area (Å²) in [6.45, 7) is 10.5. The van der Waals surface area contributed by atoms with Crippen LogP contribution in [0.2, 0.25) is 0 Å². The minimum atomic E-state index is 0.612. The maximum absolute atomic E-state index is 4.95. The molecule has 1 saturated heterocycles. The molecule has 0 unspecified atom stereocenters. The van der Waals surface area contributed by atoms with Gasteiger partial charge in [0, 0.05) is 26.2 Å². The molecule has 3 rings (SSSR count). The molecule has 1 aromatic carbocycles. The smallest absolute Gasteiger partial charge is 0.194 e. The topological polar surface area (TPSA) is 30.9 Å². The van der Waals surface area contributed by atoms with Crippen molar-refractivity contribution in [2.75, 3.05) is 33.2 Å². The average Bonchev–Trinajstić information content (AvgIpc) is 3.05. The first kappa shape index (κ1) is 18.2. The van der Waals surface area contributed by atoms with Crippen LogP contribution in [0.3, 0.4) is 0 Å². The molecule has 1 aromatic rings. The minimum Gasteiger partial charge on any atom is -0.357 e. The van der Waals surface area contributed by atoms with Crippen LogP contribution in [0.4, 0.5) is 0 Å². The van der Waals surface area contributed by atoms with Crippen molar-refractivity contribution in [1.29, 1.82) is 0 Å². The van der Waals surface area contributed by atoms with E-state index in [9.17, 15) is 0 Å². The summed E-state index contributed by atoms with van der Waals surface area (Å²) >= 11 is 0. The lowest BCUT2D eigenvalue weighted by Crippen LogP contribution is -2.42. The molecule has 1 N–H and O–H groups in total. The summed E-state index contributed by atoms with van der Waals surface area (Å²) in [5.74, 6) is 1.10. The predicted octanol–water partition coefficient (Wildman–Crippen LogP) is 3.48. The van der Waals surface area contributed by atoms with Gasteiger partial charge in [0.15, 0.2) is 5.96 Å². The molecule has 0 amide bonds. The lowest BCUT2D eigenvalue weighted by Gasteiger charge is -2.38. The molecule has 2 fully saturated rings. The van der Waals surface area contributed by atoms with Gasteiger partial charge in [-0.1, -0.05) is 37.6 Å². The summed E-state index contributed by atoms with van der Waals surface area (Å²) in [4.78, 5) is 9.76. The van der Waals surface area contributed by atoms with E-state index in [1.54, 1.807) is 0 Å². The Kier molecular flexibility index (Phi) is 6.00. The summed E-state index contributed by atoms with van der Waals surface area (Å²) in [6.07, 6.45) is 5.59. The van der Waals surface area contributed by atoms with Gasteiger partial charge in [0.25, 0.3) is 0 Å². The molecule has 1 saturated carbocycles. The molecule has 2 aliphatic rings. The van der Waals surface area contributed by atoms with E-state index in [4.69, 9.17) is 4.99 Å². The number of nitrogens with zero attached hydrogens (tertiary/aromatic N) is 3. The van der Waals surface area contributed by atoms with Crippen LogP contribution in [0.15, 0.2) is 29.3 Å². The van der Waals surface area contributed by atoms with Gasteiger partial charge in [-0.3, -0.25) is 0 Å². The minimum absolute atomic E-state index is 0.612. The van der Waals surface area contributed by atoms with Gasteiger partial charge in [0.1, 0.15) is 0 Å². The Balaban J connectivity index is 1.64. The Morgan fingerprint density at radius 2 is 2.04 bits per heavy atom. The zero-order valence-electron chi connectivity index (χ0n) is 16.2. The van der Waals surface area contributed by atoms with Crippen LogP contribution in [0.5, 0.6) is 0 Å². The van der Waals surface area contributed by atoms with E-state index in [-0.39, 0.29) is 0 Å². The third-order valence-electron chi connectivity index (χ3n) is 5.88. The molecule has 1 aliphatic carbocycles. The molecule has 4 nitrogen and oxygen atoms in total. The summed E-state index contributed by atoms with van der Waals surface area (Å²) in [7, 11) is 2.16. The Morgan fingerprint density at radius 1 is 1.24 bits per heavy atom. The van der Waals surface area contributed by atoms with Crippen molar-refractivity contribution in [2.24, 2.45) is 10.4 Å². The largest absolute Gasteiger partial charge is 0.357 e. The Hall–Kier alpha value is -1.55. The van der Waals surface area contributed by atoms with Gasteiger partial charge in [0.05, 0.1) is 6.54 Å². The van der Waals surface area contributed by atoms with Crippen molar-refractivity contribution in [1.82, 2.24) is 15.1 Å². The molecule has 25 heavy (non-hydrogen) atoms. The fourth-order valence-electron chi connectivity index (χ4n) is 4.04. The molecule has 1 heterocycles. The zero-order chi connectivity index (χ0) is 17.7. The second-order valence-electron chi connectivity index (χ2n) is 7.85. The van der Waals surface area contributed by atoms with Crippen molar-refractivity contribution >= 4 is 5.96 Å². The van der Waals surface area contributed by atoms with Crippen LogP contribution in [-0.4, -0.2) is 49.0 Å². The fourth-order valence-corrected chi connectivity index (χ4v) is 4.04. The number of nitrogens with one attached hydrogen (secondary N) is 1. The predicted molar refractivity (Wildman–Crippen MR) is 106 cm³/mol. The van der Waals surface area contributed by atoms with E-state index in [0.717, 1.165) is 38.7 Å². The molecule has 0 aromatic heterocycles. The van der Waals surface area contributed by atoms with Gasteiger partial charge in [-0.2, -0.15) is 0 Å². The zero-order valence-corrected chi connectivity index (χ0v) is 16.2. The van der Waals surface area contributed by atoms with Crippen LogP contribution >= 0.6 is 0 Å². The molecule has 1 spiro atoms. The van der Waals surface area contributed by atoms with E-state index >= 15 is 0 Å². The molecule has 1 aliphatic heterocycles. The molecule has 0 atom stereocenters. The Morgan fingerprint density at radius 3 is 2.68 bits per heavy atom. The van der Waals surface area contributed by atoms with E-state index in [1.165, 1.54) is 43.4 Å². The highest BCUT2D eigenvalue weighted by molar-refractivity contribution is 5.80. The Bertz CT molecular complexity index is 591. The summed E-state index contributed by atoms with van der Waals surface area (Å²) in [5.41, 5.74) is 3.28. The highest BCUT2D eigenvalue weighted by atomic mass is 15.3. The number of hydrogen-bond acceptors (Lipinski definition) is 2. The van der Waals surface area contributed by atoms with Gasteiger partial charge in [-0.25, -0.2) is 4.99 Å². The maximum Gasteiger partial charge on any atom is 0.194 e. The SMILES string of the molecule is CCNC(=NCc1cccc(CN(C)CC)c1)N1CCC2(CCC2)C1. The van der Waals surface area contributed by atoms with Crippen LogP contribution in [0.1, 0.15) is 50.7 Å². The molecular formula is C21H34N4. The third kappa shape index (κ3) is 4.55. The monoisotopic (exact) mass is 342 g/mol. The number of rotatable bonds is 6. The average molecular weight is 343 g/mol. The third-order valence-corrected chi connectivity index (χ3v) is 5.88. The molecule has 0 bridgehead atoms. The highest BCUT2D eigenvalue weighted by Gasteiger charge is 2.43. The quantitative estimate of drug-likeness (QED) is 0.634. The van der Waals surface area contributed by atoms with Crippen molar-refractivity contribution < 1.29 is 0 Å². The number of benzene rings is 1. The van der Waals surface area contributed by atoms with Crippen LogP contribution in [0, 0.1) is 5.41 Å². The van der Waals surface area contributed by atoms with Crippen molar-refractivity contribution in [3.8, 4) is 0 Å². The van der Waals surface area contributed by atoms with E-state index in [2.05, 4.69) is 60.3 Å². The molecule has 4 heteroatoms. The highest BCUT2D eigenvalue weighted by Crippen LogP contribution is 2.47. The van der Waals surface area contributed by atoms with Crippen molar-refractivity contribution in [2.45, 2.75) is 52.6 Å². The second-order valence-corrected chi connectivity index (χ2v) is 7.85. The molecule has 138 valence electrons. The molecule has 0 radical (unpaired) electrons. The first-order valence-corrected chi connectivity index (χ1v) is 9.94. The van der Waals surface area contributed by atoms with Gasteiger partial charge in [-0.05, 0) is 56.3 Å². The van der Waals surface area contributed by atoms with Crippen molar-refractivity contribution in [3.05, 3.63) is 35.4 Å². The normalized spacial score (nSPS) is 19.5. The van der Waals surface area contributed by atoms with Crippen LogP contribution in [0.25, 0.3) is 0 Å². The standard InChI is InChI=1S/C21H34N4/c1-4-22-20(25-13-12-21(17-25)10-7-11-21)23-15-18-8-6-9-19(14-18)16-24(3)5-2/h6,8-9,14H,4-5,7,10-13,15-17H2,1-3H3,(H,22,23). The number of aliphatic imine (C=N–C) groups is 1. The van der Waals surface area contributed by atoms with Crippen LogP contribution in [-0.2, 0) is 13.1 Å². The second kappa shape index (κ2) is 8.22. The first-order valence-electron chi connectivity index (χ1n) is 9.94. The summed E-state index contributed by atoms with van der Waals surface area (Å²) in [5, 5.41) is 3.50. The van der Waals surface area contributed by atoms with Gasteiger partial charge in [-0.15, -0.1) is 0 Å². The first-order chi connectivity index (χ1) is 12.1. The number of hydrogen-bond donors (Lipinski definition) is 1. The van der Waals surface area contributed by atoms with Crippen molar-refractivity contribution in [3.63, 3.8) is 0 Å². The number of likely N-dealkylation sites (tertiary alicyclic amines) is 1. The Labute approximate surface area is 153 Å². The number of guanidine groups is 1. The van der Waals surface area contributed by atoms with E-state index < -0.39 is 0 Å². The van der Waals surface area contributed by atoms with E-state index in [0.29, 0.717) is 5.41 Å².